The fourth-order valence-corrected chi connectivity index (χ4v) is 2.18. The molecule has 96 valence electrons. The van der Waals surface area contributed by atoms with E-state index in [2.05, 4.69) is 50.1 Å². The second-order valence-electron chi connectivity index (χ2n) is 5.47. The van der Waals surface area contributed by atoms with E-state index in [0.29, 0.717) is 5.82 Å². The Kier molecular flexibility index (Phi) is 3.11. The zero-order valence-electron chi connectivity index (χ0n) is 11.4. The maximum atomic E-state index is 5.96. The number of rotatable bonds is 2. The van der Waals surface area contributed by atoms with Gasteiger partial charge in [0.05, 0.1) is 11.4 Å². The first kappa shape index (κ1) is 12.6. The number of nitrogens with zero attached hydrogens (tertiary/aromatic N) is 3. The summed E-state index contributed by atoms with van der Waals surface area (Å²) in [6.07, 6.45) is 0.958. The number of nitrogens with two attached hydrogens (primary N) is 1. The molecule has 0 radical (unpaired) electrons. The van der Waals surface area contributed by atoms with Crippen molar-refractivity contribution in [3.05, 3.63) is 35.5 Å². The van der Waals surface area contributed by atoms with Gasteiger partial charge >= 0.3 is 0 Å². The van der Waals surface area contributed by atoms with Crippen LogP contribution in [0.5, 0.6) is 0 Å². The van der Waals surface area contributed by atoms with Crippen molar-refractivity contribution in [3.8, 4) is 5.69 Å². The van der Waals surface area contributed by atoms with Crippen LogP contribution in [0, 0.1) is 0 Å². The molecule has 2 N–H and O–H groups in total. The molecule has 2 rings (SSSR count). The van der Waals surface area contributed by atoms with Crippen molar-refractivity contribution < 1.29 is 0 Å². The minimum atomic E-state index is -0.0889. The second kappa shape index (κ2) is 4.44. The van der Waals surface area contributed by atoms with Gasteiger partial charge in [-0.05, 0) is 18.1 Å². The fourth-order valence-electron chi connectivity index (χ4n) is 2.18. The lowest BCUT2D eigenvalue weighted by Gasteiger charge is -2.21. The number of nitrogen functional groups attached to an aromatic ring is 1. The summed E-state index contributed by atoms with van der Waals surface area (Å²) in [5.74, 6) is 0.508. The highest BCUT2D eigenvalue weighted by Crippen LogP contribution is 2.29. The number of anilines is 1. The topological polar surface area (TPSA) is 56.7 Å². The van der Waals surface area contributed by atoms with Gasteiger partial charge in [0, 0.05) is 5.41 Å². The Morgan fingerprint density at radius 3 is 2.50 bits per heavy atom. The van der Waals surface area contributed by atoms with E-state index in [9.17, 15) is 0 Å². The van der Waals surface area contributed by atoms with Crippen LogP contribution in [0.15, 0.2) is 24.3 Å². The molecule has 2 aromatic rings. The molecule has 0 amide bonds. The zero-order chi connectivity index (χ0) is 13.3. The monoisotopic (exact) mass is 244 g/mol. The molecule has 0 aliphatic heterocycles. The highest BCUT2D eigenvalue weighted by molar-refractivity contribution is 5.47. The first-order valence-electron chi connectivity index (χ1n) is 6.25. The van der Waals surface area contributed by atoms with Gasteiger partial charge in [0.2, 0.25) is 0 Å². The van der Waals surface area contributed by atoms with Crippen LogP contribution >= 0.6 is 0 Å². The molecule has 0 saturated heterocycles. The molecule has 4 heteroatoms. The van der Waals surface area contributed by atoms with E-state index in [4.69, 9.17) is 5.73 Å². The molecule has 0 bridgehead atoms. The van der Waals surface area contributed by atoms with Crippen molar-refractivity contribution in [2.45, 2.75) is 39.5 Å². The van der Waals surface area contributed by atoms with Crippen LogP contribution < -0.4 is 5.73 Å². The SMILES string of the molecule is CCc1ccccc1-n1nnc(N)c1C(C)(C)C. The Bertz CT molecular complexity index is 549. The number of benzene rings is 1. The summed E-state index contributed by atoms with van der Waals surface area (Å²) < 4.78 is 1.87. The average Bonchev–Trinajstić information content (AvgIpc) is 2.70. The molecule has 0 aliphatic rings. The molecule has 18 heavy (non-hydrogen) atoms. The summed E-state index contributed by atoms with van der Waals surface area (Å²) in [4.78, 5) is 0. The normalized spacial score (nSPS) is 11.8. The van der Waals surface area contributed by atoms with Gasteiger partial charge in [-0.1, -0.05) is 51.1 Å². The number of aryl methyl sites for hydroxylation is 1. The van der Waals surface area contributed by atoms with Crippen LogP contribution in [0.25, 0.3) is 5.69 Å². The maximum Gasteiger partial charge on any atom is 0.170 e. The smallest absolute Gasteiger partial charge is 0.170 e. The van der Waals surface area contributed by atoms with Crippen molar-refractivity contribution in [1.82, 2.24) is 15.0 Å². The van der Waals surface area contributed by atoms with Crippen LogP contribution in [0.4, 0.5) is 5.82 Å². The predicted molar refractivity (Wildman–Crippen MR) is 73.8 cm³/mol. The molecule has 0 spiro atoms. The number of hydrogen-bond donors (Lipinski definition) is 1. The third kappa shape index (κ3) is 2.10. The summed E-state index contributed by atoms with van der Waals surface area (Å²) in [5.41, 5.74) is 9.14. The van der Waals surface area contributed by atoms with E-state index in [-0.39, 0.29) is 5.41 Å². The molecule has 0 saturated carbocycles. The molecule has 1 aromatic carbocycles. The summed E-state index contributed by atoms with van der Waals surface area (Å²) in [7, 11) is 0. The van der Waals surface area contributed by atoms with Gasteiger partial charge in [-0.2, -0.15) is 0 Å². The third-order valence-corrected chi connectivity index (χ3v) is 3.01. The van der Waals surface area contributed by atoms with E-state index in [1.165, 1.54) is 5.56 Å². The van der Waals surface area contributed by atoms with Gasteiger partial charge in [-0.3, -0.25) is 0 Å². The molecule has 1 aromatic heterocycles. The van der Waals surface area contributed by atoms with E-state index >= 15 is 0 Å². The Morgan fingerprint density at radius 2 is 1.89 bits per heavy atom. The number of hydrogen-bond acceptors (Lipinski definition) is 3. The number of para-hydroxylation sites is 1. The third-order valence-electron chi connectivity index (χ3n) is 3.01. The van der Waals surface area contributed by atoms with E-state index in [1.807, 2.05) is 16.8 Å². The first-order valence-corrected chi connectivity index (χ1v) is 6.25. The Hall–Kier alpha value is -1.84. The largest absolute Gasteiger partial charge is 0.381 e. The van der Waals surface area contributed by atoms with Gasteiger partial charge in [-0.15, -0.1) is 5.10 Å². The standard InChI is InChI=1S/C14H20N4/c1-5-10-8-6-7-9-11(10)18-12(14(2,3)4)13(15)16-17-18/h6-9H,5,15H2,1-4H3. The molecule has 0 atom stereocenters. The van der Waals surface area contributed by atoms with Crippen LogP contribution in [0.3, 0.4) is 0 Å². The highest BCUT2D eigenvalue weighted by atomic mass is 15.4. The van der Waals surface area contributed by atoms with Crippen LogP contribution in [-0.2, 0) is 11.8 Å². The number of aromatic nitrogens is 3. The highest BCUT2D eigenvalue weighted by Gasteiger charge is 2.25. The molecular formula is C14H20N4. The molecular weight excluding hydrogens is 224 g/mol. The Labute approximate surface area is 108 Å². The van der Waals surface area contributed by atoms with E-state index in [0.717, 1.165) is 17.8 Å². The van der Waals surface area contributed by atoms with Crippen molar-refractivity contribution in [3.63, 3.8) is 0 Å². The van der Waals surface area contributed by atoms with E-state index < -0.39 is 0 Å². The fraction of sp³-hybridized carbons (Fsp3) is 0.429. The molecule has 1 heterocycles. The minimum Gasteiger partial charge on any atom is -0.381 e. The van der Waals surface area contributed by atoms with Crippen LogP contribution in [-0.4, -0.2) is 15.0 Å². The lowest BCUT2D eigenvalue weighted by molar-refractivity contribution is 0.543. The Balaban J connectivity index is 2.65. The molecule has 0 aliphatic carbocycles. The molecule has 0 unspecified atom stereocenters. The lowest BCUT2D eigenvalue weighted by Crippen LogP contribution is -2.19. The van der Waals surface area contributed by atoms with Gasteiger partial charge in [0.1, 0.15) is 0 Å². The summed E-state index contributed by atoms with van der Waals surface area (Å²) in [6.45, 7) is 8.49. The molecule has 0 fully saturated rings. The predicted octanol–water partition coefficient (Wildman–Crippen LogP) is 2.71. The Morgan fingerprint density at radius 1 is 1.22 bits per heavy atom. The van der Waals surface area contributed by atoms with Crippen molar-refractivity contribution in [2.75, 3.05) is 5.73 Å². The lowest BCUT2D eigenvalue weighted by atomic mass is 9.91. The van der Waals surface area contributed by atoms with Gasteiger partial charge in [0.25, 0.3) is 0 Å². The average molecular weight is 244 g/mol. The summed E-state index contributed by atoms with van der Waals surface area (Å²) >= 11 is 0. The van der Waals surface area contributed by atoms with Crippen LogP contribution in [0.1, 0.15) is 39.0 Å². The van der Waals surface area contributed by atoms with Gasteiger partial charge < -0.3 is 5.73 Å². The van der Waals surface area contributed by atoms with Crippen molar-refractivity contribution in [2.24, 2.45) is 0 Å². The van der Waals surface area contributed by atoms with Gasteiger partial charge in [0.15, 0.2) is 5.82 Å². The second-order valence-corrected chi connectivity index (χ2v) is 5.47. The first-order chi connectivity index (χ1) is 8.45. The van der Waals surface area contributed by atoms with Crippen LogP contribution in [0.2, 0.25) is 0 Å². The van der Waals surface area contributed by atoms with Gasteiger partial charge in [-0.25, -0.2) is 4.68 Å². The summed E-state index contributed by atoms with van der Waals surface area (Å²) in [5, 5.41) is 8.23. The minimum absolute atomic E-state index is 0.0889. The zero-order valence-corrected chi connectivity index (χ0v) is 11.4. The van der Waals surface area contributed by atoms with E-state index in [1.54, 1.807) is 0 Å². The quantitative estimate of drug-likeness (QED) is 0.883. The summed E-state index contributed by atoms with van der Waals surface area (Å²) in [6, 6.07) is 8.22. The molecule has 4 nitrogen and oxygen atoms in total. The van der Waals surface area contributed by atoms with Crippen molar-refractivity contribution in [1.29, 1.82) is 0 Å². The maximum absolute atomic E-state index is 5.96. The van der Waals surface area contributed by atoms with Crippen molar-refractivity contribution >= 4 is 5.82 Å².